The van der Waals surface area contributed by atoms with E-state index < -0.39 is 0 Å². The molecule has 0 aliphatic carbocycles. The Kier molecular flexibility index (Phi) is 4.39. The minimum atomic E-state index is -0.121. The topological polar surface area (TPSA) is 50.4 Å². The van der Waals surface area contributed by atoms with Crippen LogP contribution in [-0.2, 0) is 16.0 Å². The van der Waals surface area contributed by atoms with Crippen molar-refractivity contribution in [1.82, 2.24) is 15.1 Å². The van der Waals surface area contributed by atoms with Crippen molar-refractivity contribution in [3.63, 3.8) is 0 Å². The van der Waals surface area contributed by atoms with Crippen molar-refractivity contribution >= 4 is 0 Å². The predicted molar refractivity (Wildman–Crippen MR) is 92.6 cm³/mol. The summed E-state index contributed by atoms with van der Waals surface area (Å²) in [7, 11) is 1.81. The van der Waals surface area contributed by atoms with Gasteiger partial charge in [0.15, 0.2) is 0 Å². The van der Waals surface area contributed by atoms with Crippen LogP contribution in [0.15, 0.2) is 36.5 Å². The summed E-state index contributed by atoms with van der Waals surface area (Å²) in [4.78, 5) is 2.48. The van der Waals surface area contributed by atoms with Gasteiger partial charge in [-0.05, 0) is 24.8 Å². The predicted octanol–water partition coefficient (Wildman–Crippen LogP) is 2.85. The molecular weight excluding hydrogens is 302 g/mol. The maximum absolute atomic E-state index is 6.16. The van der Waals surface area contributed by atoms with Crippen LogP contribution < -0.4 is 0 Å². The standard InChI is InChI=1S/C19H25N3O2/c1-23-17-8-10-22(14-19(17)9-5-11-24-19)13-16-12-20-21-18(16)15-6-3-2-4-7-15/h2-4,6-7,12,17H,5,8-11,13-14H2,1H3,(H,20,21)/t17-,19-/m0/s1. The van der Waals surface area contributed by atoms with Gasteiger partial charge in [-0.3, -0.25) is 10.00 Å². The van der Waals surface area contributed by atoms with Gasteiger partial charge in [0, 0.05) is 38.9 Å². The monoisotopic (exact) mass is 327 g/mol. The number of H-pyrrole nitrogens is 1. The highest BCUT2D eigenvalue weighted by molar-refractivity contribution is 5.62. The Morgan fingerprint density at radius 1 is 1.38 bits per heavy atom. The SMILES string of the molecule is CO[C@H]1CCN(Cc2cn[nH]c2-c2ccccc2)C[C@@]12CCCO2. The summed E-state index contributed by atoms with van der Waals surface area (Å²) < 4.78 is 11.9. The van der Waals surface area contributed by atoms with Crippen molar-refractivity contribution in [2.75, 3.05) is 26.8 Å². The van der Waals surface area contributed by atoms with E-state index in [4.69, 9.17) is 9.47 Å². The van der Waals surface area contributed by atoms with Gasteiger partial charge in [0.05, 0.1) is 18.0 Å². The molecule has 128 valence electrons. The molecule has 1 aromatic heterocycles. The molecule has 5 nitrogen and oxygen atoms in total. The summed E-state index contributed by atoms with van der Waals surface area (Å²) in [5.74, 6) is 0. The molecule has 0 saturated carbocycles. The summed E-state index contributed by atoms with van der Waals surface area (Å²) in [6.45, 7) is 3.71. The number of hydrogen-bond donors (Lipinski definition) is 1. The lowest BCUT2D eigenvalue weighted by atomic mass is 9.86. The lowest BCUT2D eigenvalue weighted by Crippen LogP contribution is -2.56. The average Bonchev–Trinajstić information content (AvgIpc) is 3.26. The molecule has 1 N–H and O–H groups in total. The van der Waals surface area contributed by atoms with E-state index in [2.05, 4.69) is 39.4 Å². The molecule has 5 heteroatoms. The lowest BCUT2D eigenvalue weighted by Gasteiger charge is -2.44. The van der Waals surface area contributed by atoms with Gasteiger partial charge in [0.25, 0.3) is 0 Å². The van der Waals surface area contributed by atoms with Crippen molar-refractivity contribution < 1.29 is 9.47 Å². The number of nitrogens with one attached hydrogen (secondary N) is 1. The number of piperidine rings is 1. The number of likely N-dealkylation sites (tertiary alicyclic amines) is 1. The number of aromatic amines is 1. The molecule has 3 heterocycles. The molecule has 0 bridgehead atoms. The number of benzene rings is 1. The van der Waals surface area contributed by atoms with Crippen LogP contribution in [0.25, 0.3) is 11.3 Å². The van der Waals surface area contributed by atoms with Crippen molar-refractivity contribution in [3.05, 3.63) is 42.1 Å². The van der Waals surface area contributed by atoms with Crippen LogP contribution >= 0.6 is 0 Å². The van der Waals surface area contributed by atoms with E-state index in [9.17, 15) is 0 Å². The second kappa shape index (κ2) is 6.67. The summed E-state index contributed by atoms with van der Waals surface area (Å²) in [6, 6.07) is 10.4. The van der Waals surface area contributed by atoms with Gasteiger partial charge in [0.2, 0.25) is 0 Å². The van der Waals surface area contributed by atoms with E-state index in [1.165, 1.54) is 11.1 Å². The molecule has 24 heavy (non-hydrogen) atoms. The number of methoxy groups -OCH3 is 1. The first-order valence-electron chi connectivity index (χ1n) is 8.77. The van der Waals surface area contributed by atoms with Gasteiger partial charge in [-0.25, -0.2) is 0 Å². The van der Waals surface area contributed by atoms with Gasteiger partial charge >= 0.3 is 0 Å². The van der Waals surface area contributed by atoms with Crippen molar-refractivity contribution in [2.24, 2.45) is 0 Å². The van der Waals surface area contributed by atoms with Crippen LogP contribution in [0.1, 0.15) is 24.8 Å². The molecule has 2 atom stereocenters. The van der Waals surface area contributed by atoms with Gasteiger partial charge in [-0.1, -0.05) is 30.3 Å². The lowest BCUT2D eigenvalue weighted by molar-refractivity contribution is -0.145. The molecule has 0 amide bonds. The van der Waals surface area contributed by atoms with Crippen LogP contribution in [0.4, 0.5) is 0 Å². The van der Waals surface area contributed by atoms with Crippen LogP contribution in [0.3, 0.4) is 0 Å². The third kappa shape index (κ3) is 2.88. The van der Waals surface area contributed by atoms with E-state index in [1.54, 1.807) is 0 Å². The van der Waals surface area contributed by atoms with E-state index in [1.807, 2.05) is 19.4 Å². The van der Waals surface area contributed by atoms with E-state index in [-0.39, 0.29) is 11.7 Å². The fraction of sp³-hybridized carbons (Fsp3) is 0.526. The molecule has 2 aliphatic rings. The number of ether oxygens (including phenoxy) is 2. The zero-order valence-corrected chi connectivity index (χ0v) is 14.2. The number of hydrogen-bond acceptors (Lipinski definition) is 4. The van der Waals surface area contributed by atoms with Crippen molar-refractivity contribution in [2.45, 2.75) is 37.5 Å². The molecule has 2 aromatic rings. The minimum absolute atomic E-state index is 0.121. The summed E-state index contributed by atoms with van der Waals surface area (Å²) >= 11 is 0. The normalized spacial score (nSPS) is 27.8. The van der Waals surface area contributed by atoms with Crippen LogP contribution in [0.5, 0.6) is 0 Å². The Morgan fingerprint density at radius 3 is 3.00 bits per heavy atom. The zero-order chi connectivity index (χ0) is 16.4. The molecule has 0 radical (unpaired) electrons. The smallest absolute Gasteiger partial charge is 0.107 e. The van der Waals surface area contributed by atoms with E-state index in [0.29, 0.717) is 0 Å². The first-order valence-corrected chi connectivity index (χ1v) is 8.77. The van der Waals surface area contributed by atoms with Gasteiger partial charge in [0.1, 0.15) is 5.60 Å². The van der Waals surface area contributed by atoms with Gasteiger partial charge < -0.3 is 9.47 Å². The zero-order valence-electron chi connectivity index (χ0n) is 14.2. The Hall–Kier alpha value is -1.69. The first-order chi connectivity index (χ1) is 11.8. The first kappa shape index (κ1) is 15.8. The van der Waals surface area contributed by atoms with Gasteiger partial charge in [-0.15, -0.1) is 0 Å². The fourth-order valence-electron chi connectivity index (χ4n) is 4.21. The Balaban J connectivity index is 1.52. The summed E-state index contributed by atoms with van der Waals surface area (Å²) in [6.07, 6.45) is 5.42. The molecule has 2 saturated heterocycles. The van der Waals surface area contributed by atoms with E-state index in [0.717, 1.165) is 51.2 Å². The second-order valence-corrected chi connectivity index (χ2v) is 6.88. The number of rotatable bonds is 4. The number of nitrogens with zero attached hydrogens (tertiary/aromatic N) is 2. The maximum Gasteiger partial charge on any atom is 0.107 e. The molecule has 2 fully saturated rings. The number of aromatic nitrogens is 2. The Bertz CT molecular complexity index is 664. The van der Waals surface area contributed by atoms with Gasteiger partial charge in [-0.2, -0.15) is 5.10 Å². The Morgan fingerprint density at radius 2 is 2.25 bits per heavy atom. The molecule has 2 aliphatic heterocycles. The highest BCUT2D eigenvalue weighted by Gasteiger charge is 2.47. The highest BCUT2D eigenvalue weighted by Crippen LogP contribution is 2.37. The van der Waals surface area contributed by atoms with Crippen LogP contribution in [0.2, 0.25) is 0 Å². The third-order valence-corrected chi connectivity index (χ3v) is 5.38. The molecule has 4 rings (SSSR count). The maximum atomic E-state index is 6.16. The second-order valence-electron chi connectivity index (χ2n) is 6.88. The Labute approximate surface area is 143 Å². The fourth-order valence-corrected chi connectivity index (χ4v) is 4.21. The van der Waals surface area contributed by atoms with E-state index >= 15 is 0 Å². The third-order valence-electron chi connectivity index (χ3n) is 5.38. The minimum Gasteiger partial charge on any atom is -0.378 e. The summed E-state index contributed by atoms with van der Waals surface area (Å²) in [5, 5.41) is 7.44. The molecule has 0 unspecified atom stereocenters. The highest BCUT2D eigenvalue weighted by atomic mass is 16.5. The van der Waals surface area contributed by atoms with Crippen molar-refractivity contribution in [3.8, 4) is 11.3 Å². The van der Waals surface area contributed by atoms with Crippen LogP contribution in [-0.4, -0.2) is 53.6 Å². The molecule has 1 spiro atoms. The molecular formula is C19H25N3O2. The molecule has 1 aromatic carbocycles. The largest absolute Gasteiger partial charge is 0.378 e. The average molecular weight is 327 g/mol. The quantitative estimate of drug-likeness (QED) is 0.938. The van der Waals surface area contributed by atoms with Crippen LogP contribution in [0, 0.1) is 0 Å². The van der Waals surface area contributed by atoms with Crippen molar-refractivity contribution in [1.29, 1.82) is 0 Å². The summed E-state index contributed by atoms with van der Waals surface area (Å²) in [5.41, 5.74) is 3.42.